The molecule has 2 aromatic rings. The number of hydrogen-bond donors (Lipinski definition) is 2. The Labute approximate surface area is 115 Å². The van der Waals surface area contributed by atoms with Crippen LogP contribution in [0.15, 0.2) is 30.5 Å². The second-order valence-electron chi connectivity index (χ2n) is 4.30. The summed E-state index contributed by atoms with van der Waals surface area (Å²) in [7, 11) is 0. The molecule has 0 bridgehead atoms. The molecule has 0 aliphatic carbocycles. The van der Waals surface area contributed by atoms with Crippen LogP contribution in [-0.2, 0) is 4.79 Å². The van der Waals surface area contributed by atoms with Crippen molar-refractivity contribution in [1.82, 2.24) is 15.6 Å². The summed E-state index contributed by atoms with van der Waals surface area (Å²) >= 11 is 0. The summed E-state index contributed by atoms with van der Waals surface area (Å²) in [5.74, 6) is -0.835. The first kappa shape index (κ1) is 13.9. The molecule has 5 nitrogen and oxygen atoms in total. The molecule has 0 saturated carbocycles. The van der Waals surface area contributed by atoms with Crippen LogP contribution in [0.5, 0.6) is 0 Å². The molecule has 6 heteroatoms. The quantitative estimate of drug-likeness (QED) is 0.825. The molecule has 0 fully saturated rings. The molecule has 1 aromatic carbocycles. The molecule has 0 aliphatic heterocycles. The van der Waals surface area contributed by atoms with Crippen molar-refractivity contribution in [2.75, 3.05) is 13.1 Å². The van der Waals surface area contributed by atoms with Gasteiger partial charge in [0, 0.05) is 31.6 Å². The van der Waals surface area contributed by atoms with Crippen molar-refractivity contribution in [1.29, 1.82) is 0 Å². The molecule has 0 radical (unpaired) electrons. The average Bonchev–Trinajstić information content (AvgIpc) is 2.42. The van der Waals surface area contributed by atoms with E-state index in [1.165, 1.54) is 25.3 Å². The number of hydrogen-bond acceptors (Lipinski definition) is 3. The molecule has 0 spiro atoms. The summed E-state index contributed by atoms with van der Waals surface area (Å²) in [6.07, 6.45) is 1.44. The van der Waals surface area contributed by atoms with Crippen LogP contribution in [0.2, 0.25) is 0 Å². The van der Waals surface area contributed by atoms with Gasteiger partial charge >= 0.3 is 0 Å². The van der Waals surface area contributed by atoms with Crippen molar-refractivity contribution < 1.29 is 14.0 Å². The molecule has 0 saturated heterocycles. The lowest BCUT2D eigenvalue weighted by atomic mass is 10.1. The van der Waals surface area contributed by atoms with E-state index in [4.69, 9.17) is 0 Å². The van der Waals surface area contributed by atoms with E-state index < -0.39 is 0 Å². The SMILES string of the molecule is CC(=O)NCCNC(=O)c1cnc2ccc(F)cc2c1. The van der Waals surface area contributed by atoms with E-state index in [2.05, 4.69) is 15.6 Å². The summed E-state index contributed by atoms with van der Waals surface area (Å²) < 4.78 is 13.1. The fourth-order valence-corrected chi connectivity index (χ4v) is 1.74. The third-order valence-electron chi connectivity index (χ3n) is 2.69. The van der Waals surface area contributed by atoms with E-state index in [0.717, 1.165) is 0 Å². The predicted molar refractivity (Wildman–Crippen MR) is 72.7 cm³/mol. The maximum atomic E-state index is 13.1. The predicted octanol–water partition coefficient (Wildman–Crippen LogP) is 1.24. The highest BCUT2D eigenvalue weighted by Gasteiger charge is 2.07. The minimum absolute atomic E-state index is 0.151. The number of amides is 2. The second-order valence-corrected chi connectivity index (χ2v) is 4.30. The monoisotopic (exact) mass is 275 g/mol. The average molecular weight is 275 g/mol. The smallest absolute Gasteiger partial charge is 0.252 e. The van der Waals surface area contributed by atoms with Crippen LogP contribution in [-0.4, -0.2) is 29.9 Å². The van der Waals surface area contributed by atoms with E-state index in [1.54, 1.807) is 12.1 Å². The number of benzene rings is 1. The Morgan fingerprint density at radius 1 is 1.20 bits per heavy atom. The van der Waals surface area contributed by atoms with Crippen molar-refractivity contribution in [3.05, 3.63) is 41.8 Å². The van der Waals surface area contributed by atoms with Gasteiger partial charge in [0.15, 0.2) is 0 Å². The number of carbonyl (C=O) groups excluding carboxylic acids is 2. The molecule has 2 amide bonds. The van der Waals surface area contributed by atoms with Gasteiger partial charge in [-0.15, -0.1) is 0 Å². The number of halogens is 1. The number of aromatic nitrogens is 1. The molecular formula is C14H14FN3O2. The zero-order valence-corrected chi connectivity index (χ0v) is 10.9. The summed E-state index contributed by atoms with van der Waals surface area (Å²) in [6, 6.07) is 5.79. The van der Waals surface area contributed by atoms with E-state index in [-0.39, 0.29) is 17.6 Å². The molecule has 1 heterocycles. The van der Waals surface area contributed by atoms with Gasteiger partial charge < -0.3 is 10.6 Å². The number of fused-ring (bicyclic) bond motifs is 1. The van der Waals surface area contributed by atoms with Gasteiger partial charge in [0.25, 0.3) is 5.91 Å². The zero-order chi connectivity index (χ0) is 14.5. The van der Waals surface area contributed by atoms with Crippen LogP contribution in [0, 0.1) is 5.82 Å². The highest BCUT2D eigenvalue weighted by molar-refractivity contribution is 5.97. The Morgan fingerprint density at radius 2 is 1.95 bits per heavy atom. The number of carbonyl (C=O) groups is 2. The minimum atomic E-state index is -0.373. The highest BCUT2D eigenvalue weighted by Crippen LogP contribution is 2.14. The Morgan fingerprint density at radius 3 is 2.70 bits per heavy atom. The molecule has 2 N–H and O–H groups in total. The zero-order valence-electron chi connectivity index (χ0n) is 10.9. The Bertz CT molecular complexity index is 658. The second kappa shape index (κ2) is 6.10. The molecular weight excluding hydrogens is 261 g/mol. The molecule has 0 unspecified atom stereocenters. The lowest BCUT2D eigenvalue weighted by Crippen LogP contribution is -2.33. The van der Waals surface area contributed by atoms with Crippen LogP contribution in [0.25, 0.3) is 10.9 Å². The van der Waals surface area contributed by atoms with Crippen molar-refractivity contribution in [3.8, 4) is 0 Å². The maximum Gasteiger partial charge on any atom is 0.252 e. The summed E-state index contributed by atoms with van der Waals surface area (Å²) in [5, 5.41) is 5.79. The van der Waals surface area contributed by atoms with Crippen molar-refractivity contribution in [2.45, 2.75) is 6.92 Å². The Hall–Kier alpha value is -2.50. The number of pyridine rings is 1. The first-order valence-corrected chi connectivity index (χ1v) is 6.14. The third-order valence-corrected chi connectivity index (χ3v) is 2.69. The number of rotatable bonds is 4. The Balaban J connectivity index is 2.04. The van der Waals surface area contributed by atoms with Gasteiger partial charge in [-0.2, -0.15) is 0 Å². The molecule has 1 aromatic heterocycles. The molecule has 0 aliphatic rings. The van der Waals surface area contributed by atoms with Gasteiger partial charge in [-0.05, 0) is 24.3 Å². The number of nitrogens with one attached hydrogen (secondary N) is 2. The van der Waals surface area contributed by atoms with Gasteiger partial charge in [-0.3, -0.25) is 14.6 Å². The van der Waals surface area contributed by atoms with Crippen LogP contribution in [0.1, 0.15) is 17.3 Å². The first-order valence-electron chi connectivity index (χ1n) is 6.14. The van der Waals surface area contributed by atoms with Gasteiger partial charge in [-0.25, -0.2) is 4.39 Å². The molecule has 20 heavy (non-hydrogen) atoms. The van der Waals surface area contributed by atoms with Crippen LogP contribution >= 0.6 is 0 Å². The van der Waals surface area contributed by atoms with Gasteiger partial charge in [-0.1, -0.05) is 0 Å². The lowest BCUT2D eigenvalue weighted by Gasteiger charge is -2.06. The summed E-state index contributed by atoms with van der Waals surface area (Å²) in [6.45, 7) is 2.08. The number of nitrogens with zero attached hydrogens (tertiary/aromatic N) is 1. The highest BCUT2D eigenvalue weighted by atomic mass is 19.1. The molecule has 0 atom stereocenters. The normalized spacial score (nSPS) is 10.3. The van der Waals surface area contributed by atoms with Crippen LogP contribution in [0.4, 0.5) is 4.39 Å². The standard InChI is InChI=1S/C14H14FN3O2/c1-9(19)16-4-5-17-14(20)11-6-10-7-12(15)2-3-13(10)18-8-11/h2-3,6-8H,4-5H2,1H3,(H,16,19)(H,17,20). The molecule has 2 rings (SSSR count). The van der Waals surface area contributed by atoms with Gasteiger partial charge in [0.1, 0.15) is 5.82 Å². The Kier molecular flexibility index (Phi) is 4.24. The van der Waals surface area contributed by atoms with Gasteiger partial charge in [0.05, 0.1) is 11.1 Å². The van der Waals surface area contributed by atoms with Crippen LogP contribution < -0.4 is 10.6 Å². The largest absolute Gasteiger partial charge is 0.355 e. The first-order chi connectivity index (χ1) is 9.56. The molecule has 104 valence electrons. The maximum absolute atomic E-state index is 13.1. The minimum Gasteiger partial charge on any atom is -0.355 e. The fourth-order valence-electron chi connectivity index (χ4n) is 1.74. The van der Waals surface area contributed by atoms with Crippen molar-refractivity contribution in [2.24, 2.45) is 0 Å². The van der Waals surface area contributed by atoms with E-state index in [0.29, 0.717) is 29.6 Å². The van der Waals surface area contributed by atoms with E-state index in [9.17, 15) is 14.0 Å². The summed E-state index contributed by atoms with van der Waals surface area (Å²) in [5.41, 5.74) is 0.979. The van der Waals surface area contributed by atoms with Crippen molar-refractivity contribution >= 4 is 22.7 Å². The third kappa shape index (κ3) is 3.50. The lowest BCUT2D eigenvalue weighted by molar-refractivity contribution is -0.118. The fraction of sp³-hybridized carbons (Fsp3) is 0.214. The van der Waals surface area contributed by atoms with E-state index in [1.807, 2.05) is 0 Å². The van der Waals surface area contributed by atoms with E-state index >= 15 is 0 Å². The topological polar surface area (TPSA) is 71.1 Å². The van der Waals surface area contributed by atoms with Gasteiger partial charge in [0.2, 0.25) is 5.91 Å². The van der Waals surface area contributed by atoms with Crippen LogP contribution in [0.3, 0.4) is 0 Å². The van der Waals surface area contributed by atoms with Crippen molar-refractivity contribution in [3.63, 3.8) is 0 Å². The summed E-state index contributed by atoms with van der Waals surface area (Å²) in [4.78, 5) is 26.6.